The molecule has 1 atom stereocenters. The molecule has 0 aliphatic rings. The molecule has 1 amide bonds. The molecule has 26 heavy (non-hydrogen) atoms. The first-order chi connectivity index (χ1) is 12.4. The summed E-state index contributed by atoms with van der Waals surface area (Å²) in [7, 11) is 0. The first-order valence-corrected chi connectivity index (χ1v) is 11.1. The molecule has 2 aromatic rings. The second kappa shape index (κ2) is 9.75. The number of amides is 1. The molecule has 0 saturated carbocycles. The third-order valence-corrected chi connectivity index (χ3v) is 6.60. The van der Waals surface area contributed by atoms with E-state index in [-0.39, 0.29) is 11.9 Å². The van der Waals surface area contributed by atoms with E-state index in [0.717, 1.165) is 11.7 Å². The van der Waals surface area contributed by atoms with Gasteiger partial charge in [0, 0.05) is 0 Å². The van der Waals surface area contributed by atoms with Crippen molar-refractivity contribution in [1.29, 1.82) is 0 Å². The first-order valence-electron chi connectivity index (χ1n) is 9.05. The summed E-state index contributed by atoms with van der Waals surface area (Å²) in [5.41, 5.74) is 0.884. The van der Waals surface area contributed by atoms with Crippen LogP contribution in [0.25, 0.3) is 0 Å². The maximum atomic E-state index is 13.1. The molecule has 0 heterocycles. The van der Waals surface area contributed by atoms with Crippen LogP contribution in [-0.4, -0.2) is 38.4 Å². The van der Waals surface area contributed by atoms with Gasteiger partial charge in [0.25, 0.3) is 0 Å². The van der Waals surface area contributed by atoms with E-state index in [1.807, 2.05) is 43.9 Å². The van der Waals surface area contributed by atoms with E-state index in [2.05, 4.69) is 55.1 Å². The molecule has 0 bridgehead atoms. The van der Waals surface area contributed by atoms with Crippen LogP contribution in [0.5, 0.6) is 0 Å². The van der Waals surface area contributed by atoms with Gasteiger partial charge in [-0.3, -0.25) is 0 Å². The van der Waals surface area contributed by atoms with Crippen molar-refractivity contribution >= 4 is 25.3 Å². The van der Waals surface area contributed by atoms with E-state index in [0.29, 0.717) is 21.5 Å². The topological polar surface area (TPSA) is 20.3 Å². The Morgan fingerprint density at radius 2 is 1.65 bits per heavy atom. The third-order valence-electron chi connectivity index (χ3n) is 4.17. The molecule has 2 rings (SSSR count). The van der Waals surface area contributed by atoms with Crippen molar-refractivity contribution in [3.63, 3.8) is 0 Å². The van der Waals surface area contributed by atoms with Crippen LogP contribution in [0.4, 0.5) is 0 Å². The number of carbonyl (C=O) groups excluding carboxylic acids is 1. The molecule has 0 fully saturated rings. The molecule has 0 aliphatic carbocycles. The zero-order valence-corrected chi connectivity index (χ0v) is 17.7. The van der Waals surface area contributed by atoms with Gasteiger partial charge in [0.05, 0.1) is 0 Å². The maximum absolute atomic E-state index is 13.1. The fourth-order valence-corrected chi connectivity index (χ4v) is 4.99. The van der Waals surface area contributed by atoms with E-state index in [1.54, 1.807) is 0 Å². The van der Waals surface area contributed by atoms with Crippen molar-refractivity contribution < 1.29 is 4.79 Å². The van der Waals surface area contributed by atoms with Gasteiger partial charge in [0.15, 0.2) is 0 Å². The van der Waals surface area contributed by atoms with Crippen LogP contribution in [-0.2, 0) is 11.2 Å². The van der Waals surface area contributed by atoms with Crippen molar-refractivity contribution in [2.75, 3.05) is 6.54 Å². The molecule has 3 heteroatoms. The number of hydrogen-bond acceptors (Lipinski definition) is 1. The summed E-state index contributed by atoms with van der Waals surface area (Å²) >= 11 is 0.332. The summed E-state index contributed by atoms with van der Waals surface area (Å²) in [5.74, 6) is 0.196. The SMILES string of the molecule is C=CCN(C(=O)C(C)(C)C)C(C[Se]c1ccccc1)Cc1ccccc1. The van der Waals surface area contributed by atoms with Crippen molar-refractivity contribution in [3.05, 3.63) is 78.9 Å². The molecule has 0 spiro atoms. The number of hydrogen-bond donors (Lipinski definition) is 0. The summed E-state index contributed by atoms with van der Waals surface area (Å²) < 4.78 is 1.37. The van der Waals surface area contributed by atoms with Gasteiger partial charge in [-0.15, -0.1) is 0 Å². The van der Waals surface area contributed by atoms with Gasteiger partial charge < -0.3 is 0 Å². The quantitative estimate of drug-likeness (QED) is 0.470. The Balaban J connectivity index is 2.23. The summed E-state index contributed by atoms with van der Waals surface area (Å²) in [6.45, 7) is 10.5. The van der Waals surface area contributed by atoms with Crippen molar-refractivity contribution in [3.8, 4) is 0 Å². The second-order valence-corrected chi connectivity index (χ2v) is 9.76. The first kappa shape index (κ1) is 20.5. The zero-order valence-electron chi connectivity index (χ0n) is 16.0. The van der Waals surface area contributed by atoms with Crippen molar-refractivity contribution in [2.45, 2.75) is 38.6 Å². The molecule has 2 aromatic carbocycles. The Hall–Kier alpha value is -1.83. The van der Waals surface area contributed by atoms with Gasteiger partial charge in [0.1, 0.15) is 0 Å². The Morgan fingerprint density at radius 1 is 1.08 bits per heavy atom. The van der Waals surface area contributed by atoms with Crippen LogP contribution in [0.3, 0.4) is 0 Å². The Morgan fingerprint density at radius 3 is 2.19 bits per heavy atom. The summed E-state index contributed by atoms with van der Waals surface area (Å²) in [6, 6.07) is 21.2. The molecule has 138 valence electrons. The van der Waals surface area contributed by atoms with Crippen LogP contribution < -0.4 is 4.46 Å². The number of benzene rings is 2. The van der Waals surface area contributed by atoms with Crippen LogP contribution in [0, 0.1) is 5.41 Å². The molecule has 0 aromatic heterocycles. The van der Waals surface area contributed by atoms with E-state index < -0.39 is 5.41 Å². The van der Waals surface area contributed by atoms with Gasteiger partial charge in [-0.2, -0.15) is 0 Å². The predicted octanol–water partition coefficient (Wildman–Crippen LogP) is 4.11. The standard InChI is InChI=1S/C23H29NOSe/c1-5-16-24(22(25)23(2,3)4)20(17-19-12-8-6-9-13-19)18-26-21-14-10-7-11-15-21/h5-15,20H,1,16-18H2,2-4H3. The average Bonchev–Trinajstić information content (AvgIpc) is 2.64. The normalized spacial score (nSPS) is 12.4. The second-order valence-electron chi connectivity index (χ2n) is 7.46. The number of carbonyl (C=O) groups is 1. The zero-order chi connectivity index (χ0) is 19.0. The van der Waals surface area contributed by atoms with Crippen LogP contribution >= 0.6 is 0 Å². The monoisotopic (exact) mass is 415 g/mol. The van der Waals surface area contributed by atoms with Crippen LogP contribution in [0.15, 0.2) is 73.3 Å². The summed E-state index contributed by atoms with van der Waals surface area (Å²) in [6.07, 6.45) is 2.72. The molecule has 0 radical (unpaired) electrons. The van der Waals surface area contributed by atoms with Gasteiger partial charge >= 0.3 is 164 Å². The molecule has 0 saturated heterocycles. The predicted molar refractivity (Wildman–Crippen MR) is 112 cm³/mol. The molecule has 0 N–H and O–H groups in total. The fourth-order valence-electron chi connectivity index (χ4n) is 2.82. The fraction of sp³-hybridized carbons (Fsp3) is 0.348. The molecule has 2 nitrogen and oxygen atoms in total. The van der Waals surface area contributed by atoms with Crippen LogP contribution in [0.1, 0.15) is 26.3 Å². The average molecular weight is 414 g/mol. The van der Waals surface area contributed by atoms with E-state index in [4.69, 9.17) is 0 Å². The Bertz CT molecular complexity index is 691. The Labute approximate surface area is 164 Å². The summed E-state index contributed by atoms with van der Waals surface area (Å²) in [4.78, 5) is 15.1. The third kappa shape index (κ3) is 6.16. The van der Waals surface area contributed by atoms with Gasteiger partial charge in [0.2, 0.25) is 0 Å². The minimum absolute atomic E-state index is 0.183. The molecular weight excluding hydrogens is 385 g/mol. The minimum atomic E-state index is -0.391. The van der Waals surface area contributed by atoms with Crippen molar-refractivity contribution in [2.24, 2.45) is 5.41 Å². The van der Waals surface area contributed by atoms with E-state index >= 15 is 0 Å². The molecular formula is C23H29NOSe. The molecule has 1 unspecified atom stereocenters. The van der Waals surface area contributed by atoms with Crippen molar-refractivity contribution in [1.82, 2.24) is 4.90 Å². The number of nitrogens with zero attached hydrogens (tertiary/aromatic N) is 1. The summed E-state index contributed by atoms with van der Waals surface area (Å²) in [5, 5.41) is 1.00. The Kier molecular flexibility index (Phi) is 7.68. The molecule has 0 aliphatic heterocycles. The van der Waals surface area contributed by atoms with Gasteiger partial charge in [-0.25, -0.2) is 0 Å². The number of rotatable bonds is 8. The van der Waals surface area contributed by atoms with E-state index in [1.165, 1.54) is 10.0 Å². The van der Waals surface area contributed by atoms with Gasteiger partial charge in [-0.05, 0) is 0 Å². The van der Waals surface area contributed by atoms with Gasteiger partial charge in [-0.1, -0.05) is 0 Å². The van der Waals surface area contributed by atoms with E-state index in [9.17, 15) is 4.79 Å². The van der Waals surface area contributed by atoms with Crippen LogP contribution in [0.2, 0.25) is 5.32 Å².